The maximum atomic E-state index is 10.5. The predicted octanol–water partition coefficient (Wildman–Crippen LogP) is 2.65. The van der Waals surface area contributed by atoms with Gasteiger partial charge in [0.1, 0.15) is 6.29 Å². The molecule has 1 nitrogen and oxygen atoms in total. The van der Waals surface area contributed by atoms with Crippen LogP contribution in [0.15, 0.2) is 0 Å². The van der Waals surface area contributed by atoms with Crippen molar-refractivity contribution in [3.05, 3.63) is 0 Å². The second kappa shape index (κ2) is 5.45. The van der Waals surface area contributed by atoms with E-state index in [4.69, 9.17) is 0 Å². The van der Waals surface area contributed by atoms with Crippen LogP contribution in [0, 0.1) is 11.8 Å². The highest BCUT2D eigenvalue weighted by atomic mass is 16.1. The van der Waals surface area contributed by atoms with E-state index in [1.54, 1.807) is 0 Å². The molecular weight excluding hydrogens is 124 g/mol. The van der Waals surface area contributed by atoms with Gasteiger partial charge in [-0.2, -0.15) is 0 Å². The van der Waals surface area contributed by atoms with Gasteiger partial charge in [0.25, 0.3) is 0 Å². The Labute approximate surface area is 63.8 Å². The summed E-state index contributed by atoms with van der Waals surface area (Å²) in [5.74, 6) is 0.868. The van der Waals surface area contributed by atoms with Gasteiger partial charge in [-0.25, -0.2) is 0 Å². The van der Waals surface area contributed by atoms with Gasteiger partial charge in [-0.1, -0.05) is 33.6 Å². The van der Waals surface area contributed by atoms with E-state index < -0.39 is 0 Å². The topological polar surface area (TPSA) is 17.1 Å². The lowest BCUT2D eigenvalue weighted by molar-refractivity contribution is -0.112. The Morgan fingerprint density at radius 3 is 2.30 bits per heavy atom. The van der Waals surface area contributed by atoms with Gasteiger partial charge in [0.2, 0.25) is 0 Å². The van der Waals surface area contributed by atoms with E-state index in [0.29, 0.717) is 11.8 Å². The third kappa shape index (κ3) is 3.00. The first-order valence-corrected chi connectivity index (χ1v) is 4.21. The molecule has 2 atom stereocenters. The first-order valence-electron chi connectivity index (χ1n) is 4.21. The smallest absolute Gasteiger partial charge is 0.123 e. The molecule has 0 N–H and O–H groups in total. The molecule has 0 fully saturated rings. The monoisotopic (exact) mass is 142 g/mol. The zero-order valence-electron chi connectivity index (χ0n) is 7.26. The van der Waals surface area contributed by atoms with E-state index in [1.165, 1.54) is 12.8 Å². The molecule has 0 rings (SSSR count). The van der Waals surface area contributed by atoms with Crippen LogP contribution in [0.2, 0.25) is 0 Å². The minimum atomic E-state index is 0.292. The molecule has 0 radical (unpaired) electrons. The van der Waals surface area contributed by atoms with Gasteiger partial charge in [-0.05, 0) is 12.3 Å². The van der Waals surface area contributed by atoms with E-state index in [1.807, 2.05) is 0 Å². The van der Waals surface area contributed by atoms with Crippen LogP contribution in [0.3, 0.4) is 0 Å². The molecule has 0 heterocycles. The molecule has 1 heteroatoms. The van der Waals surface area contributed by atoms with Crippen molar-refractivity contribution >= 4 is 6.29 Å². The highest BCUT2D eigenvalue weighted by molar-refractivity contribution is 5.53. The summed E-state index contributed by atoms with van der Waals surface area (Å²) in [6.07, 6.45) is 4.45. The van der Waals surface area contributed by atoms with Crippen LogP contribution in [0.5, 0.6) is 0 Å². The first kappa shape index (κ1) is 9.67. The van der Waals surface area contributed by atoms with Crippen LogP contribution in [-0.2, 0) is 4.79 Å². The van der Waals surface area contributed by atoms with Crippen molar-refractivity contribution in [1.82, 2.24) is 0 Å². The minimum absolute atomic E-state index is 0.292. The van der Waals surface area contributed by atoms with Gasteiger partial charge >= 0.3 is 0 Å². The summed E-state index contributed by atoms with van der Waals surface area (Å²) < 4.78 is 0. The van der Waals surface area contributed by atoms with Crippen molar-refractivity contribution < 1.29 is 4.79 Å². The summed E-state index contributed by atoms with van der Waals surface area (Å²) >= 11 is 0. The van der Waals surface area contributed by atoms with Crippen LogP contribution < -0.4 is 0 Å². The van der Waals surface area contributed by atoms with Gasteiger partial charge in [-0.3, -0.25) is 0 Å². The van der Waals surface area contributed by atoms with E-state index in [9.17, 15) is 4.79 Å². The third-order valence-electron chi connectivity index (χ3n) is 2.12. The molecular formula is C9H18O. The Hall–Kier alpha value is -0.330. The second-order valence-corrected chi connectivity index (χ2v) is 2.97. The van der Waals surface area contributed by atoms with Crippen molar-refractivity contribution in [1.29, 1.82) is 0 Å². The molecule has 0 aliphatic carbocycles. The summed E-state index contributed by atoms with van der Waals surface area (Å²) in [5.41, 5.74) is 0. The second-order valence-electron chi connectivity index (χ2n) is 2.97. The largest absolute Gasteiger partial charge is 0.303 e. The standard InChI is InChI=1S/C9H18O/c1-4-6-8(3)9(5-2)7-10/h7-9H,4-6H2,1-3H3/t8-,9?/m0/s1. The highest BCUT2D eigenvalue weighted by Gasteiger charge is 2.12. The van der Waals surface area contributed by atoms with Crippen molar-refractivity contribution in [2.75, 3.05) is 0 Å². The molecule has 0 aromatic carbocycles. The Morgan fingerprint density at radius 1 is 1.40 bits per heavy atom. The fraction of sp³-hybridized carbons (Fsp3) is 0.889. The number of hydrogen-bond donors (Lipinski definition) is 0. The molecule has 0 spiro atoms. The average molecular weight is 142 g/mol. The summed E-state index contributed by atoms with van der Waals surface area (Å²) in [5, 5.41) is 0. The van der Waals surface area contributed by atoms with Gasteiger partial charge in [-0.15, -0.1) is 0 Å². The Kier molecular flexibility index (Phi) is 5.27. The molecule has 0 aromatic rings. The minimum Gasteiger partial charge on any atom is -0.303 e. The maximum Gasteiger partial charge on any atom is 0.123 e. The highest BCUT2D eigenvalue weighted by Crippen LogP contribution is 2.17. The molecule has 0 aliphatic heterocycles. The fourth-order valence-corrected chi connectivity index (χ4v) is 1.30. The Morgan fingerprint density at radius 2 is 2.00 bits per heavy atom. The molecule has 60 valence electrons. The van der Waals surface area contributed by atoms with E-state index in [2.05, 4.69) is 20.8 Å². The molecule has 0 saturated carbocycles. The van der Waals surface area contributed by atoms with E-state index >= 15 is 0 Å². The zero-order valence-corrected chi connectivity index (χ0v) is 7.26. The quantitative estimate of drug-likeness (QED) is 0.539. The Balaban J connectivity index is 3.63. The number of carbonyl (C=O) groups is 1. The van der Waals surface area contributed by atoms with Gasteiger partial charge in [0.15, 0.2) is 0 Å². The maximum absolute atomic E-state index is 10.5. The van der Waals surface area contributed by atoms with Gasteiger partial charge in [0, 0.05) is 5.92 Å². The fourth-order valence-electron chi connectivity index (χ4n) is 1.30. The zero-order chi connectivity index (χ0) is 7.98. The lowest BCUT2D eigenvalue weighted by Crippen LogP contribution is -2.11. The van der Waals surface area contributed by atoms with Crippen LogP contribution in [0.1, 0.15) is 40.0 Å². The molecule has 0 bridgehead atoms. The third-order valence-corrected chi connectivity index (χ3v) is 2.12. The summed E-state index contributed by atoms with van der Waals surface area (Å²) in [6.45, 7) is 6.39. The lowest BCUT2D eigenvalue weighted by atomic mass is 9.89. The normalized spacial score (nSPS) is 16.3. The number of aldehydes is 1. The lowest BCUT2D eigenvalue weighted by Gasteiger charge is -2.15. The number of carbonyl (C=O) groups excluding carboxylic acids is 1. The molecule has 1 unspecified atom stereocenters. The molecule has 0 saturated heterocycles. The SMILES string of the molecule is CCC[C@H](C)C(C=O)CC. The van der Waals surface area contributed by atoms with Crippen molar-refractivity contribution in [3.63, 3.8) is 0 Å². The molecule has 0 aliphatic rings. The Bertz CT molecular complexity index is 88.7. The molecule has 10 heavy (non-hydrogen) atoms. The van der Waals surface area contributed by atoms with Crippen molar-refractivity contribution in [3.8, 4) is 0 Å². The summed E-state index contributed by atoms with van der Waals surface area (Å²) in [7, 11) is 0. The predicted molar refractivity (Wildman–Crippen MR) is 43.9 cm³/mol. The first-order chi connectivity index (χ1) is 4.76. The average Bonchev–Trinajstić information content (AvgIpc) is 1.91. The van der Waals surface area contributed by atoms with Gasteiger partial charge < -0.3 is 4.79 Å². The van der Waals surface area contributed by atoms with Crippen LogP contribution in [-0.4, -0.2) is 6.29 Å². The number of hydrogen-bond acceptors (Lipinski definition) is 1. The van der Waals surface area contributed by atoms with Crippen LogP contribution in [0.25, 0.3) is 0 Å². The number of rotatable bonds is 5. The van der Waals surface area contributed by atoms with Crippen LogP contribution >= 0.6 is 0 Å². The summed E-state index contributed by atoms with van der Waals surface area (Å²) in [6, 6.07) is 0. The summed E-state index contributed by atoms with van der Waals surface area (Å²) in [4.78, 5) is 10.5. The van der Waals surface area contributed by atoms with Crippen LogP contribution in [0.4, 0.5) is 0 Å². The van der Waals surface area contributed by atoms with Gasteiger partial charge in [0.05, 0.1) is 0 Å². The molecule has 0 aromatic heterocycles. The van der Waals surface area contributed by atoms with E-state index in [0.717, 1.165) is 12.7 Å². The van der Waals surface area contributed by atoms with Crippen molar-refractivity contribution in [2.45, 2.75) is 40.0 Å². The molecule has 0 amide bonds. The van der Waals surface area contributed by atoms with E-state index in [-0.39, 0.29) is 0 Å². The van der Waals surface area contributed by atoms with Crippen molar-refractivity contribution in [2.24, 2.45) is 11.8 Å².